The molecule has 0 radical (unpaired) electrons. The SMILES string of the molecule is CCN(CC)c1cc(Nc2nc3nc(n2)SCc2cccc(c2)CN(CC)c2cc(c(/N=N/c4snc5sc(S(=O)(=O)O)c(OC)c45)cc2OC)N3)c(/N=N/c2snc3sc(S)c(OC)c23)cc1OC. The number of fused-ring (bicyclic) bond motifs is 8. The lowest BCUT2D eigenvalue weighted by Gasteiger charge is -2.27. The van der Waals surface area contributed by atoms with E-state index in [1.54, 1.807) is 27.4 Å². The minimum absolute atomic E-state index is 0.0721. The molecule has 3 N–H and O–H groups in total. The molecule has 6 heterocycles. The highest BCUT2D eigenvalue weighted by atomic mass is 32.3. The molecular formula is C43H43N13O7S7. The molecule has 3 aromatic carbocycles. The van der Waals surface area contributed by atoms with Gasteiger partial charge in [-0.15, -0.1) is 44.4 Å². The molecule has 0 aliphatic carbocycles. The zero-order chi connectivity index (χ0) is 49.3. The van der Waals surface area contributed by atoms with E-state index in [4.69, 9.17) is 39.0 Å². The van der Waals surface area contributed by atoms with Crippen molar-refractivity contribution in [2.75, 3.05) is 68.5 Å². The summed E-state index contributed by atoms with van der Waals surface area (Å²) in [6.45, 7) is 8.83. The highest BCUT2D eigenvalue weighted by Gasteiger charge is 2.28. The first-order valence-corrected chi connectivity index (χ1v) is 27.3. The van der Waals surface area contributed by atoms with Gasteiger partial charge in [-0.3, -0.25) is 4.55 Å². The Labute approximate surface area is 427 Å². The Morgan fingerprint density at radius 1 is 0.814 bits per heavy atom. The predicted octanol–water partition coefficient (Wildman–Crippen LogP) is 12.6. The van der Waals surface area contributed by atoms with Crippen LogP contribution in [-0.2, 0) is 22.4 Å². The Bertz CT molecular complexity index is 3430. The van der Waals surface area contributed by atoms with Crippen molar-refractivity contribution in [3.63, 3.8) is 0 Å². The zero-order valence-corrected chi connectivity index (χ0v) is 44.2. The summed E-state index contributed by atoms with van der Waals surface area (Å²) >= 11 is 10.4. The van der Waals surface area contributed by atoms with Crippen molar-refractivity contribution < 1.29 is 31.9 Å². The molecule has 27 heteroatoms. The molecule has 1 aliphatic rings. The number of rotatable bonds is 15. The van der Waals surface area contributed by atoms with E-state index in [2.05, 4.69) is 96.1 Å². The minimum Gasteiger partial charge on any atom is -0.494 e. The van der Waals surface area contributed by atoms with Crippen LogP contribution in [0.3, 0.4) is 0 Å². The van der Waals surface area contributed by atoms with Gasteiger partial charge in [-0.1, -0.05) is 47.4 Å². The molecule has 0 saturated heterocycles. The Morgan fingerprint density at radius 2 is 1.49 bits per heavy atom. The van der Waals surface area contributed by atoms with E-state index in [1.807, 2.05) is 24.3 Å². The van der Waals surface area contributed by atoms with E-state index in [0.717, 1.165) is 55.6 Å². The molecule has 9 rings (SSSR count). The first kappa shape index (κ1) is 49.1. The third-order valence-electron chi connectivity index (χ3n) is 10.9. The van der Waals surface area contributed by atoms with Crippen LogP contribution in [0.1, 0.15) is 31.9 Å². The van der Waals surface area contributed by atoms with Crippen molar-refractivity contribution in [3.05, 3.63) is 59.7 Å². The summed E-state index contributed by atoms with van der Waals surface area (Å²) in [5, 5.41) is 27.8. The van der Waals surface area contributed by atoms with Crippen molar-refractivity contribution >= 4 is 157 Å². The Morgan fingerprint density at radius 3 is 2.16 bits per heavy atom. The molecule has 0 atom stereocenters. The van der Waals surface area contributed by atoms with Crippen LogP contribution < -0.4 is 39.4 Å². The van der Waals surface area contributed by atoms with Crippen LogP contribution in [0, 0.1) is 0 Å². The maximum absolute atomic E-state index is 12.2. The molecule has 0 unspecified atom stereocenters. The van der Waals surface area contributed by atoms with E-state index in [0.29, 0.717) is 96.5 Å². The molecule has 6 bridgehead atoms. The van der Waals surface area contributed by atoms with E-state index in [9.17, 15) is 13.0 Å². The molecule has 0 saturated carbocycles. The van der Waals surface area contributed by atoms with E-state index in [1.165, 1.54) is 41.7 Å². The molecule has 70 heavy (non-hydrogen) atoms. The normalized spacial score (nSPS) is 13.0. The minimum atomic E-state index is -4.61. The van der Waals surface area contributed by atoms with Gasteiger partial charge in [0, 0.05) is 44.1 Å². The molecule has 8 aromatic rings. The van der Waals surface area contributed by atoms with Crippen LogP contribution in [-0.4, -0.2) is 84.7 Å². The number of hydrogen-bond donors (Lipinski definition) is 4. The van der Waals surface area contributed by atoms with Crippen LogP contribution in [0.25, 0.3) is 20.4 Å². The van der Waals surface area contributed by atoms with Gasteiger partial charge in [-0.2, -0.15) is 32.1 Å². The summed E-state index contributed by atoms with van der Waals surface area (Å²) < 4.78 is 66.7. The summed E-state index contributed by atoms with van der Waals surface area (Å²) in [6.07, 6.45) is 0. The fraction of sp³-hybridized carbons (Fsp3) is 0.279. The zero-order valence-electron chi connectivity index (χ0n) is 38.4. The molecular weight excluding hydrogens is 1040 g/mol. The maximum atomic E-state index is 12.2. The van der Waals surface area contributed by atoms with Gasteiger partial charge in [-0.05, 0) is 67.1 Å². The number of thioether (sulfide) groups is 1. The fourth-order valence-electron chi connectivity index (χ4n) is 7.62. The Hall–Kier alpha value is -5.94. The van der Waals surface area contributed by atoms with Gasteiger partial charge < -0.3 is 39.4 Å². The van der Waals surface area contributed by atoms with E-state index < -0.39 is 10.1 Å². The number of ether oxygens (including phenoxy) is 4. The van der Waals surface area contributed by atoms with Gasteiger partial charge in [0.2, 0.25) is 11.9 Å². The second-order valence-electron chi connectivity index (χ2n) is 15.0. The lowest BCUT2D eigenvalue weighted by Crippen LogP contribution is -2.23. The van der Waals surface area contributed by atoms with Crippen molar-refractivity contribution in [1.29, 1.82) is 0 Å². The lowest BCUT2D eigenvalue weighted by molar-refractivity contribution is 0.406. The van der Waals surface area contributed by atoms with Crippen molar-refractivity contribution in [1.82, 2.24) is 23.7 Å². The van der Waals surface area contributed by atoms with Crippen molar-refractivity contribution in [3.8, 4) is 23.0 Å². The average molecular weight is 1080 g/mol. The molecule has 0 fully saturated rings. The van der Waals surface area contributed by atoms with Gasteiger partial charge in [-0.25, -0.2) is 0 Å². The third kappa shape index (κ3) is 9.88. The van der Waals surface area contributed by atoms with Crippen LogP contribution >= 0.6 is 70.1 Å². The van der Waals surface area contributed by atoms with Gasteiger partial charge >= 0.3 is 10.1 Å². The Kier molecular flexibility index (Phi) is 14.6. The monoisotopic (exact) mass is 1080 g/mol. The predicted molar refractivity (Wildman–Crippen MR) is 282 cm³/mol. The Balaban J connectivity index is 1.18. The average Bonchev–Trinajstić information content (AvgIpc) is 4.12. The van der Waals surface area contributed by atoms with Crippen LogP contribution in [0.15, 0.2) is 82.6 Å². The van der Waals surface area contributed by atoms with Crippen molar-refractivity contribution in [2.24, 2.45) is 20.5 Å². The first-order valence-electron chi connectivity index (χ1n) is 21.2. The number of thiol groups is 1. The number of nitrogens with one attached hydrogen (secondary N) is 2. The largest absolute Gasteiger partial charge is 0.494 e. The first-order chi connectivity index (χ1) is 33.9. The van der Waals surface area contributed by atoms with Crippen LogP contribution in [0.4, 0.5) is 56.0 Å². The summed E-state index contributed by atoms with van der Waals surface area (Å²) in [6, 6.07) is 15.8. The number of methoxy groups -OCH3 is 4. The number of nitrogens with zero attached hydrogens (tertiary/aromatic N) is 11. The summed E-state index contributed by atoms with van der Waals surface area (Å²) in [4.78, 5) is 20.1. The number of benzene rings is 3. The highest BCUT2D eigenvalue weighted by molar-refractivity contribution is 7.98. The number of anilines is 6. The van der Waals surface area contributed by atoms with Gasteiger partial charge in [0.15, 0.2) is 30.9 Å². The lowest BCUT2D eigenvalue weighted by atomic mass is 10.1. The molecule has 5 aromatic heterocycles. The topological polar surface area (TPSA) is 236 Å². The summed E-state index contributed by atoms with van der Waals surface area (Å²) in [5.41, 5.74) is 5.50. The number of aromatic nitrogens is 5. The van der Waals surface area contributed by atoms with Gasteiger partial charge in [0.1, 0.15) is 36.7 Å². The van der Waals surface area contributed by atoms with Crippen LogP contribution in [0.2, 0.25) is 0 Å². The highest BCUT2D eigenvalue weighted by Crippen LogP contribution is 2.50. The molecule has 0 spiro atoms. The van der Waals surface area contributed by atoms with Gasteiger partial charge in [0.05, 0.1) is 62.0 Å². The second-order valence-corrected chi connectivity index (χ2v) is 21.8. The standard InChI is InChI=1S/C43H43N13O7S7/c1-8-55(9-2)27-15-23(25(17-29(27)60-4)49-51-35-31-33(62-6)39(64)66-37(31)53-68-35)44-41-46-42-45-24-16-28(56(10-3)19-21-12-11-13-22(14-21)20-65-43(47-41)48-42)30(61-5)18-26(24)50-52-36-32-34(63-7)40(70(57,58)59)67-38(32)54-69-36/h11-18,64H,8-10,19-20H2,1-7H3,(H,57,58,59)(H2,44,45,46,47,48)/b51-49+,52-50+. The smallest absolute Gasteiger partial charge is 0.307 e. The quantitative estimate of drug-likeness (QED) is 0.0424. The maximum Gasteiger partial charge on any atom is 0.307 e. The van der Waals surface area contributed by atoms with Crippen LogP contribution in [0.5, 0.6) is 23.0 Å². The van der Waals surface area contributed by atoms with Crippen molar-refractivity contribution in [2.45, 2.75) is 46.6 Å². The number of thiophene rings is 2. The number of azo groups is 2. The molecule has 1 aliphatic heterocycles. The third-order valence-corrected chi connectivity index (χ3v) is 17.3. The second kappa shape index (κ2) is 20.8. The number of hydrogen-bond acceptors (Lipinski definition) is 25. The van der Waals surface area contributed by atoms with Gasteiger partial charge in [0.25, 0.3) is 0 Å². The van der Waals surface area contributed by atoms with E-state index in [-0.39, 0.29) is 26.9 Å². The van der Waals surface area contributed by atoms with E-state index >= 15 is 0 Å². The summed E-state index contributed by atoms with van der Waals surface area (Å²) in [7, 11) is 1.49. The molecule has 0 amide bonds. The molecule has 364 valence electrons. The molecule has 20 nitrogen and oxygen atoms in total. The summed E-state index contributed by atoms with van der Waals surface area (Å²) in [5.74, 6) is 2.56. The fourth-order valence-corrected chi connectivity index (χ4v) is 13.3.